The topological polar surface area (TPSA) is 100 Å². The van der Waals surface area contributed by atoms with Crippen LogP contribution in [0.15, 0.2) is 30.6 Å². The Bertz CT molecular complexity index is 904. The fraction of sp³-hybridized carbons (Fsp3) is 0.389. The zero-order valence-corrected chi connectivity index (χ0v) is 14.7. The van der Waals surface area contributed by atoms with Crippen molar-refractivity contribution in [2.24, 2.45) is 0 Å². The second-order valence-corrected chi connectivity index (χ2v) is 6.16. The molecule has 1 aliphatic rings. The van der Waals surface area contributed by atoms with E-state index in [0.717, 1.165) is 37.3 Å². The second-order valence-electron chi connectivity index (χ2n) is 6.16. The second kappa shape index (κ2) is 7.17. The number of hydrogen-bond acceptors (Lipinski definition) is 7. The first-order valence-corrected chi connectivity index (χ1v) is 8.86. The lowest BCUT2D eigenvalue weighted by atomic mass is 10.2. The van der Waals surface area contributed by atoms with Crippen molar-refractivity contribution in [2.45, 2.75) is 32.4 Å². The Morgan fingerprint density at radius 2 is 2.27 bits per heavy atom. The third kappa shape index (κ3) is 3.28. The number of ether oxygens (including phenoxy) is 2. The van der Waals surface area contributed by atoms with E-state index in [2.05, 4.69) is 20.3 Å². The lowest BCUT2D eigenvalue weighted by Crippen LogP contribution is -2.18. The van der Waals surface area contributed by atoms with Gasteiger partial charge in [-0.15, -0.1) is 0 Å². The number of nitrogens with one attached hydrogen (secondary N) is 1. The normalized spacial score (nSPS) is 17.3. The molecule has 3 N–H and O–H groups in total. The van der Waals surface area contributed by atoms with E-state index in [0.29, 0.717) is 23.6 Å². The van der Waals surface area contributed by atoms with Gasteiger partial charge < -0.3 is 20.5 Å². The van der Waals surface area contributed by atoms with Crippen LogP contribution in [0.1, 0.15) is 32.4 Å². The number of nitrogens with two attached hydrogens (primary N) is 1. The van der Waals surface area contributed by atoms with Crippen LogP contribution in [-0.2, 0) is 4.74 Å². The number of rotatable bonds is 5. The van der Waals surface area contributed by atoms with Gasteiger partial charge >= 0.3 is 0 Å². The summed E-state index contributed by atoms with van der Waals surface area (Å²) in [5.41, 5.74) is 8.13. The maximum atomic E-state index is 5.94. The van der Waals surface area contributed by atoms with Gasteiger partial charge in [-0.3, -0.25) is 4.57 Å². The van der Waals surface area contributed by atoms with E-state index in [1.165, 1.54) is 0 Å². The first-order chi connectivity index (χ1) is 12.7. The van der Waals surface area contributed by atoms with Crippen LogP contribution in [0.2, 0.25) is 0 Å². The molecule has 0 spiro atoms. The van der Waals surface area contributed by atoms with Crippen LogP contribution in [0.5, 0.6) is 5.75 Å². The predicted molar refractivity (Wildman–Crippen MR) is 99.5 cm³/mol. The van der Waals surface area contributed by atoms with Crippen molar-refractivity contribution < 1.29 is 9.47 Å². The lowest BCUT2D eigenvalue weighted by molar-refractivity contribution is -0.0298. The highest BCUT2D eigenvalue weighted by Crippen LogP contribution is 2.30. The van der Waals surface area contributed by atoms with Crippen LogP contribution >= 0.6 is 0 Å². The molecule has 0 amide bonds. The summed E-state index contributed by atoms with van der Waals surface area (Å²) in [6.07, 6.45) is 4.84. The lowest BCUT2D eigenvalue weighted by Gasteiger charge is -2.23. The van der Waals surface area contributed by atoms with Gasteiger partial charge in [-0.1, -0.05) is 6.07 Å². The Labute approximate surface area is 151 Å². The van der Waals surface area contributed by atoms with Gasteiger partial charge in [-0.2, -0.15) is 9.97 Å². The number of nitrogens with zero attached hydrogens (tertiary/aromatic N) is 4. The molecule has 3 aromatic rings. The summed E-state index contributed by atoms with van der Waals surface area (Å²) in [4.78, 5) is 13.2. The van der Waals surface area contributed by atoms with Crippen LogP contribution in [0.25, 0.3) is 11.2 Å². The number of aromatic nitrogens is 4. The molecule has 1 unspecified atom stereocenters. The standard InChI is InChI=1S/C18H22N6O2/c1-2-25-13-7-5-6-12(10-13)21-16-15-17(23-18(19)22-16)24(11-20-15)14-8-3-4-9-26-14/h5-7,10-11,14H,2-4,8-9H2,1H3,(H3,19,21,22,23). The van der Waals surface area contributed by atoms with Gasteiger partial charge in [0, 0.05) is 18.4 Å². The first kappa shape index (κ1) is 16.6. The molecule has 1 saturated heterocycles. The molecule has 2 aromatic heterocycles. The molecule has 26 heavy (non-hydrogen) atoms. The number of nitrogen functional groups attached to an aromatic ring is 1. The molecule has 1 fully saturated rings. The smallest absolute Gasteiger partial charge is 0.224 e. The van der Waals surface area contributed by atoms with Crippen LogP contribution in [0.3, 0.4) is 0 Å². The van der Waals surface area contributed by atoms with E-state index in [4.69, 9.17) is 15.2 Å². The Balaban J connectivity index is 1.69. The summed E-state index contributed by atoms with van der Waals surface area (Å²) in [6, 6.07) is 7.68. The van der Waals surface area contributed by atoms with E-state index in [1.807, 2.05) is 35.8 Å². The van der Waals surface area contributed by atoms with Crippen LogP contribution in [-0.4, -0.2) is 32.7 Å². The zero-order valence-electron chi connectivity index (χ0n) is 14.7. The van der Waals surface area contributed by atoms with Crippen molar-refractivity contribution in [3.8, 4) is 5.75 Å². The van der Waals surface area contributed by atoms with Gasteiger partial charge in [0.25, 0.3) is 0 Å². The Kier molecular flexibility index (Phi) is 4.57. The van der Waals surface area contributed by atoms with Crippen LogP contribution < -0.4 is 15.8 Å². The maximum absolute atomic E-state index is 5.94. The van der Waals surface area contributed by atoms with Gasteiger partial charge in [-0.25, -0.2) is 4.98 Å². The minimum Gasteiger partial charge on any atom is -0.494 e. The number of imidazole rings is 1. The van der Waals surface area contributed by atoms with E-state index < -0.39 is 0 Å². The molecule has 1 atom stereocenters. The fourth-order valence-electron chi connectivity index (χ4n) is 3.14. The molecule has 4 rings (SSSR count). The summed E-state index contributed by atoms with van der Waals surface area (Å²) >= 11 is 0. The highest BCUT2D eigenvalue weighted by Gasteiger charge is 2.21. The number of anilines is 3. The molecule has 0 saturated carbocycles. The average Bonchev–Trinajstić information content (AvgIpc) is 3.07. The predicted octanol–water partition coefficient (Wildman–Crippen LogP) is 3.25. The SMILES string of the molecule is CCOc1cccc(Nc2nc(N)nc3c2ncn3C2CCCCO2)c1. The highest BCUT2D eigenvalue weighted by molar-refractivity contribution is 5.86. The van der Waals surface area contributed by atoms with Gasteiger partial charge in [0.1, 0.15) is 12.0 Å². The number of benzene rings is 1. The largest absolute Gasteiger partial charge is 0.494 e. The van der Waals surface area contributed by atoms with E-state index in [1.54, 1.807) is 6.33 Å². The van der Waals surface area contributed by atoms with Crippen molar-refractivity contribution in [3.63, 3.8) is 0 Å². The number of hydrogen-bond donors (Lipinski definition) is 2. The summed E-state index contributed by atoms with van der Waals surface area (Å²) in [7, 11) is 0. The molecule has 0 radical (unpaired) electrons. The average molecular weight is 354 g/mol. The van der Waals surface area contributed by atoms with Gasteiger partial charge in [-0.05, 0) is 38.3 Å². The highest BCUT2D eigenvalue weighted by atomic mass is 16.5. The van der Waals surface area contributed by atoms with E-state index in [9.17, 15) is 0 Å². The third-order valence-corrected chi connectivity index (χ3v) is 4.31. The van der Waals surface area contributed by atoms with Crippen molar-refractivity contribution in [1.82, 2.24) is 19.5 Å². The third-order valence-electron chi connectivity index (χ3n) is 4.31. The maximum Gasteiger partial charge on any atom is 0.224 e. The van der Waals surface area contributed by atoms with Crippen molar-refractivity contribution in [3.05, 3.63) is 30.6 Å². The quantitative estimate of drug-likeness (QED) is 0.725. The van der Waals surface area contributed by atoms with Crippen molar-refractivity contribution >= 4 is 28.6 Å². The summed E-state index contributed by atoms with van der Waals surface area (Å²) in [6.45, 7) is 3.31. The Hall–Kier alpha value is -2.87. The molecule has 8 nitrogen and oxygen atoms in total. The minimum atomic E-state index is -0.0582. The zero-order chi connectivity index (χ0) is 17.9. The van der Waals surface area contributed by atoms with E-state index in [-0.39, 0.29) is 12.2 Å². The molecule has 0 bridgehead atoms. The van der Waals surface area contributed by atoms with E-state index >= 15 is 0 Å². The first-order valence-electron chi connectivity index (χ1n) is 8.86. The number of fused-ring (bicyclic) bond motifs is 1. The molecule has 136 valence electrons. The van der Waals surface area contributed by atoms with Crippen molar-refractivity contribution in [2.75, 3.05) is 24.3 Å². The summed E-state index contributed by atoms with van der Waals surface area (Å²) in [5.74, 6) is 1.55. The fourth-order valence-corrected chi connectivity index (χ4v) is 3.14. The van der Waals surface area contributed by atoms with Gasteiger partial charge in [0.2, 0.25) is 5.95 Å². The van der Waals surface area contributed by atoms with Gasteiger partial charge in [0.05, 0.1) is 12.9 Å². The van der Waals surface area contributed by atoms with Gasteiger partial charge in [0.15, 0.2) is 17.0 Å². The molecule has 0 aliphatic carbocycles. The molecule has 1 aliphatic heterocycles. The Morgan fingerprint density at radius 1 is 1.35 bits per heavy atom. The van der Waals surface area contributed by atoms with Crippen LogP contribution in [0.4, 0.5) is 17.5 Å². The monoisotopic (exact) mass is 354 g/mol. The van der Waals surface area contributed by atoms with Crippen molar-refractivity contribution in [1.29, 1.82) is 0 Å². The molecular formula is C18H22N6O2. The molecular weight excluding hydrogens is 332 g/mol. The van der Waals surface area contributed by atoms with Crippen LogP contribution in [0, 0.1) is 0 Å². The molecule has 3 heterocycles. The summed E-state index contributed by atoms with van der Waals surface area (Å²) < 4.78 is 13.3. The Morgan fingerprint density at radius 3 is 3.08 bits per heavy atom. The molecule has 1 aromatic carbocycles. The summed E-state index contributed by atoms with van der Waals surface area (Å²) in [5, 5.41) is 3.28. The minimum absolute atomic E-state index is 0.0582. The molecule has 8 heteroatoms.